The van der Waals surface area contributed by atoms with Crippen LogP contribution in [0, 0.1) is 22.7 Å². The quantitative estimate of drug-likeness (QED) is 0.455. The van der Waals surface area contributed by atoms with Gasteiger partial charge < -0.3 is 25.1 Å². The van der Waals surface area contributed by atoms with Crippen molar-refractivity contribution < 1.29 is 24.3 Å². The molecule has 1 spiro atoms. The number of carbonyl (C=O) groups excluding carboxylic acids is 3. The molecule has 5 aliphatic rings. The summed E-state index contributed by atoms with van der Waals surface area (Å²) < 4.78 is 0. The summed E-state index contributed by atoms with van der Waals surface area (Å²) in [6.07, 6.45) is 14.8. The number of nitrogens with zero attached hydrogens (tertiary/aromatic N) is 4. The highest BCUT2D eigenvalue weighted by atomic mass is 32.1. The van der Waals surface area contributed by atoms with E-state index < -0.39 is 5.97 Å². The topological polar surface area (TPSA) is 123 Å². The van der Waals surface area contributed by atoms with Crippen molar-refractivity contribution in [3.63, 3.8) is 0 Å². The average Bonchev–Trinajstić information content (AvgIpc) is 3.37. The molecule has 42 heavy (non-hydrogen) atoms. The SMILES string of the molecule is CC1(C)CC1C(=O)N1CC2(CCN(C(=O)c3cncs3)C2)C1.O=C(O)CNCC1CCCCC1.O=CN1CCCCC1. The molecule has 4 heterocycles. The predicted molar refractivity (Wildman–Crippen MR) is 162 cm³/mol. The Labute approximate surface area is 254 Å². The maximum absolute atomic E-state index is 12.4. The number of hydrogen-bond acceptors (Lipinski definition) is 7. The number of likely N-dealkylation sites (tertiary alicyclic amines) is 3. The zero-order chi connectivity index (χ0) is 30.2. The number of aliphatic carboxylic acids is 1. The molecule has 5 fully saturated rings. The fraction of sp³-hybridized carbons (Fsp3) is 0.774. The molecule has 2 N–H and O–H groups in total. The summed E-state index contributed by atoms with van der Waals surface area (Å²) in [6.45, 7) is 10.5. The monoisotopic (exact) mass is 603 g/mol. The van der Waals surface area contributed by atoms with E-state index in [2.05, 4.69) is 24.1 Å². The summed E-state index contributed by atoms with van der Waals surface area (Å²) in [5.41, 5.74) is 2.04. The minimum Gasteiger partial charge on any atom is -0.480 e. The molecule has 0 radical (unpaired) electrons. The Kier molecular flexibility index (Phi) is 11.4. The molecule has 0 bridgehead atoms. The second-order valence-electron chi connectivity index (χ2n) is 13.5. The van der Waals surface area contributed by atoms with Crippen LogP contribution in [-0.4, -0.2) is 101 Å². The Morgan fingerprint density at radius 1 is 1.02 bits per heavy atom. The highest BCUT2D eigenvalue weighted by molar-refractivity contribution is 7.11. The number of carbonyl (C=O) groups is 4. The number of carboxylic acids is 1. The molecule has 1 aromatic heterocycles. The number of rotatable bonds is 7. The van der Waals surface area contributed by atoms with Crippen LogP contribution in [0.3, 0.4) is 0 Å². The summed E-state index contributed by atoms with van der Waals surface area (Å²) >= 11 is 1.39. The van der Waals surface area contributed by atoms with E-state index >= 15 is 0 Å². The van der Waals surface area contributed by atoms with Gasteiger partial charge in [0.05, 0.1) is 18.3 Å². The number of amides is 3. The second-order valence-corrected chi connectivity index (χ2v) is 14.4. The van der Waals surface area contributed by atoms with Crippen LogP contribution in [0.15, 0.2) is 11.7 Å². The van der Waals surface area contributed by atoms with Crippen LogP contribution in [0.5, 0.6) is 0 Å². The third-order valence-electron chi connectivity index (χ3n) is 9.52. The van der Waals surface area contributed by atoms with Crippen LogP contribution < -0.4 is 5.32 Å². The van der Waals surface area contributed by atoms with Crippen molar-refractivity contribution >= 4 is 35.5 Å². The van der Waals surface area contributed by atoms with Crippen molar-refractivity contribution in [2.24, 2.45) is 22.7 Å². The van der Waals surface area contributed by atoms with Crippen molar-refractivity contribution in [2.45, 2.75) is 78.1 Å². The number of nitrogens with one attached hydrogen (secondary N) is 1. The van der Waals surface area contributed by atoms with Gasteiger partial charge in [-0.1, -0.05) is 33.1 Å². The van der Waals surface area contributed by atoms with Gasteiger partial charge in [0.25, 0.3) is 5.91 Å². The lowest BCUT2D eigenvalue weighted by Crippen LogP contribution is -2.60. The largest absolute Gasteiger partial charge is 0.480 e. The normalized spacial score (nSPS) is 24.0. The lowest BCUT2D eigenvalue weighted by Gasteiger charge is -2.48. The Morgan fingerprint density at radius 3 is 2.21 bits per heavy atom. The van der Waals surface area contributed by atoms with Crippen LogP contribution in [0.4, 0.5) is 0 Å². The standard InChI is InChI=1S/C16H21N3O2S.C9H17NO2.C6H11NO/c1-15(2)5-11(15)13(20)19-8-16(9-19)3-4-18(7-16)14(21)12-6-17-10-22-12;11-9(12)7-10-6-8-4-2-1-3-5-8;8-6-7-4-2-1-3-5-7/h6,10-11H,3-5,7-9H2,1-2H3;8,10H,1-7H2,(H,11,12);6H,1-5H2. The smallest absolute Gasteiger partial charge is 0.317 e. The summed E-state index contributed by atoms with van der Waals surface area (Å²) in [6, 6.07) is 0. The third-order valence-corrected chi connectivity index (χ3v) is 10.3. The minimum atomic E-state index is -0.759. The van der Waals surface area contributed by atoms with E-state index in [1.54, 1.807) is 11.7 Å². The number of thiazole rings is 1. The first-order chi connectivity index (χ1) is 20.1. The molecule has 10 nitrogen and oxygen atoms in total. The fourth-order valence-corrected chi connectivity index (χ4v) is 7.26. The second kappa shape index (κ2) is 14.8. The predicted octanol–water partition coefficient (Wildman–Crippen LogP) is 3.73. The average molecular weight is 604 g/mol. The van der Waals surface area contributed by atoms with Gasteiger partial charge in [0, 0.05) is 50.6 Å². The molecule has 2 saturated carbocycles. The van der Waals surface area contributed by atoms with Gasteiger partial charge in [0.1, 0.15) is 4.88 Å². The third kappa shape index (κ3) is 8.99. The molecular formula is C31H49N5O5S. The van der Waals surface area contributed by atoms with Crippen LogP contribution in [0.25, 0.3) is 0 Å². The van der Waals surface area contributed by atoms with Gasteiger partial charge in [-0.3, -0.25) is 24.2 Å². The van der Waals surface area contributed by atoms with Gasteiger partial charge in [0.15, 0.2) is 0 Å². The summed E-state index contributed by atoms with van der Waals surface area (Å²) in [7, 11) is 0. The van der Waals surface area contributed by atoms with E-state index in [1.165, 1.54) is 62.7 Å². The summed E-state index contributed by atoms with van der Waals surface area (Å²) in [4.78, 5) is 55.5. The molecule has 1 unspecified atom stereocenters. The highest BCUT2D eigenvalue weighted by Gasteiger charge is 2.57. The molecule has 234 valence electrons. The van der Waals surface area contributed by atoms with E-state index in [-0.39, 0.29) is 29.2 Å². The van der Waals surface area contributed by atoms with Gasteiger partial charge in [0.2, 0.25) is 12.3 Å². The Morgan fingerprint density at radius 2 is 1.67 bits per heavy atom. The molecule has 6 rings (SSSR count). The maximum Gasteiger partial charge on any atom is 0.317 e. The minimum absolute atomic E-state index is 0.0903. The van der Waals surface area contributed by atoms with E-state index in [9.17, 15) is 19.2 Å². The van der Waals surface area contributed by atoms with Gasteiger partial charge in [-0.05, 0) is 62.8 Å². The molecule has 11 heteroatoms. The number of carboxylic acid groups (broad SMARTS) is 1. The van der Waals surface area contributed by atoms with Crippen LogP contribution >= 0.6 is 11.3 Å². The Balaban J connectivity index is 0.000000170. The van der Waals surface area contributed by atoms with Crippen LogP contribution in [0.1, 0.15) is 87.7 Å². The molecule has 3 amide bonds. The van der Waals surface area contributed by atoms with Gasteiger partial charge in [-0.15, -0.1) is 11.3 Å². The number of hydrogen-bond donors (Lipinski definition) is 2. The van der Waals surface area contributed by atoms with Crippen molar-refractivity contribution in [1.82, 2.24) is 25.0 Å². The number of aromatic nitrogens is 1. The Hall–Kier alpha value is -2.53. The molecule has 1 atom stereocenters. The lowest BCUT2D eigenvalue weighted by molar-refractivity contribution is -0.144. The fourth-order valence-electron chi connectivity index (χ4n) is 6.67. The van der Waals surface area contributed by atoms with Gasteiger partial charge >= 0.3 is 5.97 Å². The van der Waals surface area contributed by atoms with Crippen molar-refractivity contribution in [2.75, 3.05) is 52.4 Å². The summed E-state index contributed by atoms with van der Waals surface area (Å²) in [5.74, 6) is 0.598. The zero-order valence-electron chi connectivity index (χ0n) is 25.4. The summed E-state index contributed by atoms with van der Waals surface area (Å²) in [5, 5.41) is 11.3. The molecule has 1 aromatic rings. The molecule has 3 aliphatic heterocycles. The van der Waals surface area contributed by atoms with Crippen LogP contribution in [-0.2, 0) is 14.4 Å². The van der Waals surface area contributed by atoms with E-state index in [1.807, 2.05) is 14.7 Å². The first-order valence-corrected chi connectivity index (χ1v) is 16.6. The number of piperidine rings is 1. The molecular weight excluding hydrogens is 554 g/mol. The molecule has 3 saturated heterocycles. The van der Waals surface area contributed by atoms with E-state index in [0.29, 0.717) is 10.8 Å². The Bertz CT molecular complexity index is 1050. The van der Waals surface area contributed by atoms with E-state index in [0.717, 1.165) is 71.0 Å². The molecule has 2 aliphatic carbocycles. The maximum atomic E-state index is 12.4. The first kappa shape index (κ1) is 32.4. The van der Waals surface area contributed by atoms with Crippen molar-refractivity contribution in [3.05, 3.63) is 16.6 Å². The van der Waals surface area contributed by atoms with Crippen molar-refractivity contribution in [3.8, 4) is 0 Å². The molecule has 0 aromatic carbocycles. The van der Waals surface area contributed by atoms with Crippen LogP contribution in [0.2, 0.25) is 0 Å². The van der Waals surface area contributed by atoms with Gasteiger partial charge in [-0.25, -0.2) is 0 Å². The van der Waals surface area contributed by atoms with Gasteiger partial charge in [-0.2, -0.15) is 0 Å². The van der Waals surface area contributed by atoms with E-state index in [4.69, 9.17) is 5.11 Å². The highest BCUT2D eigenvalue weighted by Crippen LogP contribution is 2.54. The van der Waals surface area contributed by atoms with Crippen molar-refractivity contribution in [1.29, 1.82) is 0 Å². The lowest BCUT2D eigenvalue weighted by atomic mass is 9.78. The zero-order valence-corrected chi connectivity index (χ0v) is 26.2. The first-order valence-electron chi connectivity index (χ1n) is 15.7.